The van der Waals surface area contributed by atoms with Crippen molar-refractivity contribution in [3.8, 4) is 11.5 Å². The maximum atomic E-state index is 12.9. The molecule has 1 aromatic rings. The fraction of sp³-hybridized carbons (Fsp3) is 0.600. The number of fused-ring (bicyclic) bond motifs is 1. The molecule has 2 unspecified atom stereocenters. The van der Waals surface area contributed by atoms with Crippen LogP contribution in [0, 0.1) is 11.8 Å². The summed E-state index contributed by atoms with van der Waals surface area (Å²) in [7, 11) is 0. The Morgan fingerprint density at radius 3 is 2.77 bits per heavy atom. The van der Waals surface area contributed by atoms with Crippen LogP contribution >= 0.6 is 0 Å². The molecule has 0 bridgehead atoms. The van der Waals surface area contributed by atoms with Gasteiger partial charge in [0.05, 0.1) is 5.92 Å². The van der Waals surface area contributed by atoms with E-state index in [0.717, 1.165) is 31.6 Å². The topological polar surface area (TPSA) is 59.1 Å². The number of likely N-dealkylation sites (tertiary alicyclic amines) is 1. The first-order chi connectivity index (χ1) is 12.6. The molecule has 6 heteroatoms. The molecule has 0 aliphatic carbocycles. The lowest BCUT2D eigenvalue weighted by Crippen LogP contribution is -2.38. The highest BCUT2D eigenvalue weighted by Gasteiger charge is 2.37. The van der Waals surface area contributed by atoms with Gasteiger partial charge in [0.2, 0.25) is 11.8 Å². The smallest absolute Gasteiger partial charge is 0.228 e. The number of ether oxygens (including phenoxy) is 2. The fourth-order valence-corrected chi connectivity index (χ4v) is 4.06. The highest BCUT2D eigenvalue weighted by atomic mass is 16.6. The number of carbonyl (C=O) groups excluding carboxylic acids is 2. The van der Waals surface area contributed by atoms with Crippen LogP contribution in [0.1, 0.15) is 32.6 Å². The summed E-state index contributed by atoms with van der Waals surface area (Å²) in [4.78, 5) is 29.1. The first-order valence-electron chi connectivity index (χ1n) is 9.60. The number of carbonyl (C=O) groups is 2. The Morgan fingerprint density at radius 1 is 1.12 bits per heavy atom. The van der Waals surface area contributed by atoms with Gasteiger partial charge in [-0.15, -0.1) is 0 Å². The third-order valence-electron chi connectivity index (χ3n) is 5.64. The molecule has 0 N–H and O–H groups in total. The van der Waals surface area contributed by atoms with E-state index >= 15 is 0 Å². The second-order valence-corrected chi connectivity index (χ2v) is 7.59. The van der Waals surface area contributed by atoms with Gasteiger partial charge in [0.1, 0.15) is 13.2 Å². The molecule has 0 spiro atoms. The van der Waals surface area contributed by atoms with Crippen LogP contribution in [0.4, 0.5) is 5.69 Å². The largest absolute Gasteiger partial charge is 0.486 e. The van der Waals surface area contributed by atoms with E-state index in [1.54, 1.807) is 4.90 Å². The van der Waals surface area contributed by atoms with Crippen molar-refractivity contribution >= 4 is 17.5 Å². The van der Waals surface area contributed by atoms with Gasteiger partial charge in [-0.1, -0.05) is 6.92 Å². The zero-order valence-corrected chi connectivity index (χ0v) is 15.3. The predicted molar refractivity (Wildman–Crippen MR) is 97.5 cm³/mol. The number of amides is 2. The minimum Gasteiger partial charge on any atom is -0.486 e. The number of hydrogen-bond donors (Lipinski definition) is 0. The number of anilines is 1. The molecular formula is C20H26N2O4. The second-order valence-electron chi connectivity index (χ2n) is 7.59. The zero-order valence-electron chi connectivity index (χ0n) is 15.3. The number of hydrogen-bond acceptors (Lipinski definition) is 4. The van der Waals surface area contributed by atoms with E-state index in [9.17, 15) is 9.59 Å². The summed E-state index contributed by atoms with van der Waals surface area (Å²) in [5.74, 6) is 1.93. The molecule has 6 nitrogen and oxygen atoms in total. The Balaban J connectivity index is 1.46. The summed E-state index contributed by atoms with van der Waals surface area (Å²) in [6.45, 7) is 5.38. The average Bonchev–Trinajstić information content (AvgIpc) is 2.91. The van der Waals surface area contributed by atoms with Crippen LogP contribution < -0.4 is 14.4 Å². The van der Waals surface area contributed by atoms with Crippen LogP contribution in [-0.4, -0.2) is 49.6 Å². The van der Waals surface area contributed by atoms with Crippen molar-refractivity contribution in [2.45, 2.75) is 32.6 Å². The second kappa shape index (κ2) is 7.17. The quantitative estimate of drug-likeness (QED) is 0.815. The number of nitrogens with zero attached hydrogens (tertiary/aromatic N) is 2. The van der Waals surface area contributed by atoms with Gasteiger partial charge < -0.3 is 19.3 Å². The molecule has 2 fully saturated rings. The van der Waals surface area contributed by atoms with E-state index in [2.05, 4.69) is 6.92 Å². The Labute approximate surface area is 154 Å². The SMILES string of the molecule is CC1CCCN(C(=O)C2CC(=O)N(c3ccc4c(c3)OCCO4)C2)CC1. The summed E-state index contributed by atoms with van der Waals surface area (Å²) < 4.78 is 11.2. The molecule has 140 valence electrons. The minimum absolute atomic E-state index is 0.00298. The van der Waals surface area contributed by atoms with Gasteiger partial charge in [-0.3, -0.25) is 9.59 Å². The van der Waals surface area contributed by atoms with Crippen molar-refractivity contribution < 1.29 is 19.1 Å². The molecule has 26 heavy (non-hydrogen) atoms. The molecule has 3 aliphatic rings. The maximum absolute atomic E-state index is 12.9. The summed E-state index contributed by atoms with van der Waals surface area (Å²) >= 11 is 0. The van der Waals surface area contributed by atoms with E-state index < -0.39 is 0 Å². The summed E-state index contributed by atoms with van der Waals surface area (Å²) in [5, 5.41) is 0. The Morgan fingerprint density at radius 2 is 1.92 bits per heavy atom. The van der Waals surface area contributed by atoms with Crippen molar-refractivity contribution in [2.24, 2.45) is 11.8 Å². The highest BCUT2D eigenvalue weighted by Crippen LogP contribution is 2.36. The first kappa shape index (κ1) is 17.2. The summed E-state index contributed by atoms with van der Waals surface area (Å²) in [6.07, 6.45) is 3.58. The minimum atomic E-state index is -0.246. The highest BCUT2D eigenvalue weighted by molar-refractivity contribution is 6.00. The normalized spacial score (nSPS) is 26.0. The monoisotopic (exact) mass is 358 g/mol. The average molecular weight is 358 g/mol. The molecule has 2 saturated heterocycles. The number of benzene rings is 1. The van der Waals surface area contributed by atoms with E-state index in [1.165, 1.54) is 6.42 Å². The van der Waals surface area contributed by atoms with Crippen LogP contribution in [-0.2, 0) is 9.59 Å². The lowest BCUT2D eigenvalue weighted by atomic mass is 10.0. The Bertz CT molecular complexity index is 705. The molecule has 1 aromatic carbocycles. The van der Waals surface area contributed by atoms with E-state index in [4.69, 9.17) is 9.47 Å². The van der Waals surface area contributed by atoms with Crippen LogP contribution in [0.2, 0.25) is 0 Å². The first-order valence-corrected chi connectivity index (χ1v) is 9.60. The van der Waals surface area contributed by atoms with Gasteiger partial charge in [-0.05, 0) is 37.3 Å². The molecule has 3 aliphatic heterocycles. The Kier molecular flexibility index (Phi) is 4.74. The summed E-state index contributed by atoms with van der Waals surface area (Å²) in [5.41, 5.74) is 0.777. The van der Waals surface area contributed by atoms with Crippen LogP contribution in [0.15, 0.2) is 18.2 Å². The lowest BCUT2D eigenvalue weighted by molar-refractivity contribution is -0.135. The third-order valence-corrected chi connectivity index (χ3v) is 5.64. The predicted octanol–water partition coefficient (Wildman–Crippen LogP) is 2.46. The van der Waals surface area contributed by atoms with Gasteiger partial charge >= 0.3 is 0 Å². The standard InChI is InChI=1S/C20H26N2O4/c1-14-3-2-7-21(8-6-14)20(24)15-11-19(23)22(13-15)16-4-5-17-18(12-16)26-10-9-25-17/h4-5,12,14-15H,2-3,6-11,13H2,1H3. The van der Waals surface area contributed by atoms with Gasteiger partial charge in [-0.25, -0.2) is 0 Å². The van der Waals surface area contributed by atoms with Crippen molar-refractivity contribution in [1.29, 1.82) is 0 Å². The van der Waals surface area contributed by atoms with E-state index in [-0.39, 0.29) is 17.7 Å². The van der Waals surface area contributed by atoms with E-state index in [0.29, 0.717) is 43.6 Å². The van der Waals surface area contributed by atoms with Gasteiger partial charge in [0.25, 0.3) is 0 Å². The maximum Gasteiger partial charge on any atom is 0.228 e. The molecule has 4 rings (SSSR count). The van der Waals surface area contributed by atoms with E-state index in [1.807, 2.05) is 23.1 Å². The third kappa shape index (κ3) is 3.37. The van der Waals surface area contributed by atoms with Crippen LogP contribution in [0.3, 0.4) is 0 Å². The van der Waals surface area contributed by atoms with Crippen molar-refractivity contribution in [1.82, 2.24) is 4.90 Å². The molecule has 2 amide bonds. The number of rotatable bonds is 2. The van der Waals surface area contributed by atoms with Crippen molar-refractivity contribution in [3.63, 3.8) is 0 Å². The summed E-state index contributed by atoms with van der Waals surface area (Å²) in [6, 6.07) is 5.54. The molecule has 0 radical (unpaired) electrons. The van der Waals surface area contributed by atoms with Crippen molar-refractivity contribution in [2.75, 3.05) is 37.7 Å². The molecule has 3 heterocycles. The fourth-order valence-electron chi connectivity index (χ4n) is 4.06. The van der Waals surface area contributed by atoms with Gasteiger partial charge in [0, 0.05) is 37.8 Å². The lowest BCUT2D eigenvalue weighted by Gasteiger charge is -2.24. The molecular weight excluding hydrogens is 332 g/mol. The molecule has 2 atom stereocenters. The zero-order chi connectivity index (χ0) is 18.1. The molecule has 0 aromatic heterocycles. The molecule has 0 saturated carbocycles. The van der Waals surface area contributed by atoms with Crippen molar-refractivity contribution in [3.05, 3.63) is 18.2 Å². The Hall–Kier alpha value is -2.24. The van der Waals surface area contributed by atoms with Crippen LogP contribution in [0.5, 0.6) is 11.5 Å². The van der Waals surface area contributed by atoms with Crippen LogP contribution in [0.25, 0.3) is 0 Å². The van der Waals surface area contributed by atoms with Gasteiger partial charge in [0.15, 0.2) is 11.5 Å². The van der Waals surface area contributed by atoms with Gasteiger partial charge in [-0.2, -0.15) is 0 Å².